The minimum Gasteiger partial charge on any atom is -0.496 e. The first-order valence-corrected chi connectivity index (χ1v) is 7.23. The van der Waals surface area contributed by atoms with Gasteiger partial charge in [-0.2, -0.15) is 0 Å². The van der Waals surface area contributed by atoms with E-state index in [9.17, 15) is 0 Å². The maximum atomic E-state index is 5.94. The van der Waals surface area contributed by atoms with Crippen LogP contribution in [0.4, 0.5) is 0 Å². The van der Waals surface area contributed by atoms with Gasteiger partial charge in [0.2, 0.25) is 0 Å². The van der Waals surface area contributed by atoms with Gasteiger partial charge in [-0.25, -0.2) is 0 Å². The van der Waals surface area contributed by atoms with Crippen molar-refractivity contribution < 1.29 is 4.74 Å². The van der Waals surface area contributed by atoms with Crippen molar-refractivity contribution >= 4 is 0 Å². The monoisotopic (exact) mass is 262 g/mol. The minimum atomic E-state index is 0.418. The Morgan fingerprint density at radius 1 is 1.21 bits per heavy atom. The van der Waals surface area contributed by atoms with Crippen molar-refractivity contribution in [3.63, 3.8) is 0 Å². The summed E-state index contributed by atoms with van der Waals surface area (Å²) in [5.41, 5.74) is 10.0. The summed E-state index contributed by atoms with van der Waals surface area (Å²) in [6.07, 6.45) is 3.40. The third kappa shape index (κ3) is 3.48. The highest BCUT2D eigenvalue weighted by atomic mass is 16.5. The molecule has 0 bridgehead atoms. The lowest BCUT2D eigenvalue weighted by atomic mass is 9.99. The molecule has 1 fully saturated rings. The molecule has 0 aliphatic carbocycles. The van der Waals surface area contributed by atoms with Gasteiger partial charge in [-0.1, -0.05) is 6.07 Å². The number of rotatable bonds is 4. The summed E-state index contributed by atoms with van der Waals surface area (Å²) >= 11 is 0. The van der Waals surface area contributed by atoms with Gasteiger partial charge < -0.3 is 15.4 Å². The molecule has 1 aliphatic heterocycles. The van der Waals surface area contributed by atoms with Crippen molar-refractivity contribution in [1.29, 1.82) is 0 Å². The Kier molecular flexibility index (Phi) is 4.83. The maximum Gasteiger partial charge on any atom is 0.122 e. The molecule has 0 spiro atoms. The predicted molar refractivity (Wildman–Crippen MR) is 79.8 cm³/mol. The van der Waals surface area contributed by atoms with E-state index in [1.165, 1.54) is 16.7 Å². The quantitative estimate of drug-likeness (QED) is 0.904. The van der Waals surface area contributed by atoms with Gasteiger partial charge in [-0.15, -0.1) is 0 Å². The molecule has 19 heavy (non-hydrogen) atoms. The van der Waals surface area contributed by atoms with E-state index in [4.69, 9.17) is 10.5 Å². The standard InChI is InChI=1S/C16H26N2O/c1-12-13(2)16(19-3)5-4-14(12)6-9-18-10-7-15(17)8-11-18/h4-5,15H,6-11,17H2,1-3H3. The van der Waals surface area contributed by atoms with Crippen LogP contribution < -0.4 is 10.5 Å². The van der Waals surface area contributed by atoms with Crippen LogP contribution in [-0.2, 0) is 6.42 Å². The summed E-state index contributed by atoms with van der Waals surface area (Å²) in [5.74, 6) is 0.991. The van der Waals surface area contributed by atoms with E-state index in [0.717, 1.165) is 44.6 Å². The summed E-state index contributed by atoms with van der Waals surface area (Å²) in [7, 11) is 1.73. The summed E-state index contributed by atoms with van der Waals surface area (Å²) < 4.78 is 5.36. The van der Waals surface area contributed by atoms with E-state index < -0.39 is 0 Å². The number of hydrogen-bond donors (Lipinski definition) is 1. The Labute approximate surface area is 116 Å². The molecule has 0 saturated carbocycles. The van der Waals surface area contributed by atoms with Crippen LogP contribution in [0.2, 0.25) is 0 Å². The predicted octanol–water partition coefficient (Wildman–Crippen LogP) is 2.28. The van der Waals surface area contributed by atoms with Crippen molar-refractivity contribution in [1.82, 2.24) is 4.90 Å². The van der Waals surface area contributed by atoms with E-state index in [2.05, 4.69) is 30.9 Å². The van der Waals surface area contributed by atoms with Crippen LogP contribution in [0.1, 0.15) is 29.5 Å². The Bertz CT molecular complexity index is 423. The second-order valence-electron chi connectivity index (χ2n) is 5.61. The second-order valence-corrected chi connectivity index (χ2v) is 5.61. The lowest BCUT2D eigenvalue weighted by Crippen LogP contribution is -2.40. The van der Waals surface area contributed by atoms with Crippen LogP contribution in [0.15, 0.2) is 12.1 Å². The van der Waals surface area contributed by atoms with Crippen molar-refractivity contribution in [3.8, 4) is 5.75 Å². The molecule has 2 rings (SSSR count). The molecule has 3 nitrogen and oxygen atoms in total. The first-order chi connectivity index (χ1) is 9.11. The minimum absolute atomic E-state index is 0.418. The molecule has 1 aromatic rings. The van der Waals surface area contributed by atoms with Gasteiger partial charge in [0.15, 0.2) is 0 Å². The van der Waals surface area contributed by atoms with Crippen molar-refractivity contribution in [3.05, 3.63) is 28.8 Å². The average Bonchev–Trinajstić information content (AvgIpc) is 2.42. The Morgan fingerprint density at radius 3 is 2.53 bits per heavy atom. The highest BCUT2D eigenvalue weighted by Gasteiger charge is 2.16. The first-order valence-electron chi connectivity index (χ1n) is 7.23. The zero-order valence-electron chi connectivity index (χ0n) is 12.4. The number of benzene rings is 1. The Morgan fingerprint density at radius 2 is 1.89 bits per heavy atom. The van der Waals surface area contributed by atoms with Crippen molar-refractivity contribution in [2.24, 2.45) is 5.73 Å². The van der Waals surface area contributed by atoms with E-state index in [0.29, 0.717) is 6.04 Å². The molecule has 106 valence electrons. The molecular formula is C16H26N2O. The van der Waals surface area contributed by atoms with E-state index in [-0.39, 0.29) is 0 Å². The number of nitrogens with two attached hydrogens (primary N) is 1. The average molecular weight is 262 g/mol. The number of piperidine rings is 1. The SMILES string of the molecule is COc1ccc(CCN2CCC(N)CC2)c(C)c1C. The molecule has 1 heterocycles. The third-order valence-corrected chi connectivity index (χ3v) is 4.40. The zero-order valence-corrected chi connectivity index (χ0v) is 12.4. The normalized spacial score (nSPS) is 17.7. The summed E-state index contributed by atoms with van der Waals surface area (Å²) in [5, 5.41) is 0. The van der Waals surface area contributed by atoms with Crippen molar-refractivity contribution in [2.45, 2.75) is 39.2 Å². The number of nitrogens with zero attached hydrogens (tertiary/aromatic N) is 1. The van der Waals surface area contributed by atoms with Gasteiger partial charge in [-0.3, -0.25) is 0 Å². The highest BCUT2D eigenvalue weighted by molar-refractivity contribution is 5.43. The van der Waals surface area contributed by atoms with Crippen molar-refractivity contribution in [2.75, 3.05) is 26.7 Å². The molecule has 0 unspecified atom stereocenters. The number of methoxy groups -OCH3 is 1. The number of ether oxygens (including phenoxy) is 1. The van der Waals surface area contributed by atoms with Gasteiger partial charge in [0.05, 0.1) is 7.11 Å². The van der Waals surface area contributed by atoms with E-state index >= 15 is 0 Å². The van der Waals surface area contributed by atoms with Gasteiger partial charge in [0.25, 0.3) is 0 Å². The summed E-state index contributed by atoms with van der Waals surface area (Å²) in [4.78, 5) is 2.53. The van der Waals surface area contributed by atoms with Crippen LogP contribution in [0, 0.1) is 13.8 Å². The van der Waals surface area contributed by atoms with Gasteiger partial charge in [0, 0.05) is 12.6 Å². The largest absolute Gasteiger partial charge is 0.496 e. The fraction of sp³-hybridized carbons (Fsp3) is 0.625. The smallest absolute Gasteiger partial charge is 0.122 e. The molecule has 1 aliphatic rings. The molecule has 1 aromatic carbocycles. The van der Waals surface area contributed by atoms with Crippen LogP contribution in [-0.4, -0.2) is 37.7 Å². The lowest BCUT2D eigenvalue weighted by Gasteiger charge is -2.30. The lowest BCUT2D eigenvalue weighted by molar-refractivity contribution is 0.215. The highest BCUT2D eigenvalue weighted by Crippen LogP contribution is 2.24. The molecule has 1 saturated heterocycles. The Balaban J connectivity index is 1.94. The van der Waals surface area contributed by atoms with Crippen LogP contribution in [0.25, 0.3) is 0 Å². The molecule has 0 aromatic heterocycles. The van der Waals surface area contributed by atoms with Gasteiger partial charge >= 0.3 is 0 Å². The summed E-state index contributed by atoms with van der Waals surface area (Å²) in [6, 6.07) is 4.71. The van der Waals surface area contributed by atoms with Crippen LogP contribution in [0.5, 0.6) is 5.75 Å². The molecule has 3 heteroatoms. The third-order valence-electron chi connectivity index (χ3n) is 4.40. The second kappa shape index (κ2) is 6.40. The summed E-state index contributed by atoms with van der Waals surface area (Å²) in [6.45, 7) is 7.76. The zero-order chi connectivity index (χ0) is 13.8. The van der Waals surface area contributed by atoms with Crippen LogP contribution in [0.3, 0.4) is 0 Å². The fourth-order valence-corrected chi connectivity index (χ4v) is 2.80. The molecule has 0 amide bonds. The molecule has 0 radical (unpaired) electrons. The van der Waals surface area contributed by atoms with Crippen LogP contribution >= 0.6 is 0 Å². The molecular weight excluding hydrogens is 236 g/mol. The Hall–Kier alpha value is -1.06. The van der Waals surface area contributed by atoms with E-state index in [1.54, 1.807) is 7.11 Å². The topological polar surface area (TPSA) is 38.5 Å². The maximum absolute atomic E-state index is 5.94. The molecule has 0 atom stereocenters. The van der Waals surface area contributed by atoms with E-state index in [1.807, 2.05) is 0 Å². The number of likely N-dealkylation sites (tertiary alicyclic amines) is 1. The fourth-order valence-electron chi connectivity index (χ4n) is 2.80. The van der Waals surface area contributed by atoms with Gasteiger partial charge in [-0.05, 0) is 69.0 Å². The number of hydrogen-bond acceptors (Lipinski definition) is 3. The molecule has 2 N–H and O–H groups in total. The van der Waals surface area contributed by atoms with Gasteiger partial charge in [0.1, 0.15) is 5.75 Å². The first kappa shape index (κ1) is 14.4.